The minimum Gasteiger partial charge on any atom is -0.377 e. The Balaban J connectivity index is 1.33. The number of nitrogens with zero attached hydrogens (tertiary/aromatic N) is 9. The van der Waals surface area contributed by atoms with E-state index in [9.17, 15) is 24.0 Å². The fourth-order valence-corrected chi connectivity index (χ4v) is 17.4. The summed E-state index contributed by atoms with van der Waals surface area (Å²) >= 11 is 13.4. The number of nitrogens with one attached hydrogen (secondary N) is 3. The molecular formula is C77H126Cl2N12O13. The van der Waals surface area contributed by atoms with Crippen LogP contribution in [0.25, 0.3) is 0 Å². The zero-order chi connectivity index (χ0) is 77.2. The van der Waals surface area contributed by atoms with Gasteiger partial charge in [-0.1, -0.05) is 113 Å². The predicted octanol–water partition coefficient (Wildman–Crippen LogP) is 6.73. The van der Waals surface area contributed by atoms with Crippen LogP contribution in [-0.2, 0) is 62.3 Å². The minimum atomic E-state index is -1.60. The second-order valence-corrected chi connectivity index (χ2v) is 35.0. The zero-order valence-corrected chi connectivity index (χ0v) is 67.1. The fraction of sp³-hybridized carbons (Fsp3) is 0.818. The van der Waals surface area contributed by atoms with Gasteiger partial charge in [0.15, 0.2) is 0 Å². The smallest absolute Gasteiger partial charge is 0.248 e. The number of fused-ring (bicyclic) bond motifs is 3. The molecule has 2 saturated heterocycles. The Morgan fingerprint density at radius 3 is 1.90 bits per heavy atom. The highest BCUT2D eigenvalue weighted by atomic mass is 35.5. The molecule has 13 atom stereocenters. The minimum absolute atomic E-state index is 0.0346. The van der Waals surface area contributed by atoms with Crippen molar-refractivity contribution in [1.82, 2.24) is 60.0 Å². The summed E-state index contributed by atoms with van der Waals surface area (Å²) in [4.78, 5) is 195. The van der Waals surface area contributed by atoms with E-state index in [-0.39, 0.29) is 93.3 Å². The molecule has 2 bridgehead atoms. The zero-order valence-electron chi connectivity index (χ0n) is 65.6. The molecule has 3 heterocycles. The van der Waals surface area contributed by atoms with Crippen molar-refractivity contribution >= 4 is 94.1 Å². The predicted molar refractivity (Wildman–Crippen MR) is 399 cm³/mol. The van der Waals surface area contributed by atoms with Crippen LogP contribution in [0.2, 0.25) is 0 Å². The largest absolute Gasteiger partial charge is 0.377 e. The molecule has 1 spiro atoms. The molecule has 3 N–H and O–H groups in total. The Morgan fingerprint density at radius 1 is 0.663 bits per heavy atom. The quantitative estimate of drug-likeness (QED) is 0.120. The first-order valence-electron chi connectivity index (χ1n) is 38.7. The third-order valence-corrected chi connectivity index (χ3v) is 24.5. The third-order valence-electron chi connectivity index (χ3n) is 23.4. The number of alkyl halides is 2. The van der Waals surface area contributed by atoms with Gasteiger partial charge in [-0.25, -0.2) is 0 Å². The topological polar surface area (TPSA) is 279 Å². The lowest BCUT2D eigenvalue weighted by atomic mass is 9.58. The molecule has 7 rings (SSSR count). The van der Waals surface area contributed by atoms with Gasteiger partial charge in [-0.15, -0.1) is 23.2 Å². The number of hydrogen-bond acceptors (Lipinski definition) is 13. The monoisotopic (exact) mass is 1500 g/mol. The molecule has 0 radical (unpaired) electrons. The van der Waals surface area contributed by atoms with E-state index in [0.29, 0.717) is 63.7 Å². The van der Waals surface area contributed by atoms with E-state index in [1.165, 1.54) is 88.5 Å². The summed E-state index contributed by atoms with van der Waals surface area (Å²) in [5.41, 5.74) is -2.70. The van der Waals surface area contributed by atoms with Gasteiger partial charge in [-0.3, -0.25) is 57.5 Å². The van der Waals surface area contributed by atoms with Crippen molar-refractivity contribution in [3.63, 3.8) is 0 Å². The van der Waals surface area contributed by atoms with Crippen LogP contribution in [0.4, 0.5) is 0 Å². The van der Waals surface area contributed by atoms with Gasteiger partial charge in [0.2, 0.25) is 70.9 Å². The van der Waals surface area contributed by atoms with Crippen LogP contribution in [0.5, 0.6) is 0 Å². The van der Waals surface area contributed by atoms with Gasteiger partial charge in [0.05, 0.1) is 24.4 Å². The number of likely N-dealkylation sites (N-methyl/N-ethyl adjacent to an activating group) is 6. The number of carbonyl (C=O) groups excluding carboxylic acids is 12. The van der Waals surface area contributed by atoms with Crippen molar-refractivity contribution in [2.75, 3.05) is 82.1 Å². The Labute approximate surface area is 629 Å². The summed E-state index contributed by atoms with van der Waals surface area (Å²) in [5.74, 6) is -6.94. The summed E-state index contributed by atoms with van der Waals surface area (Å²) in [7, 11) is 10.4. The fourth-order valence-electron chi connectivity index (χ4n) is 16.8. The lowest BCUT2D eigenvalue weighted by Crippen LogP contribution is -2.71. The van der Waals surface area contributed by atoms with E-state index in [1.807, 2.05) is 74.5 Å². The van der Waals surface area contributed by atoms with Crippen LogP contribution in [0.1, 0.15) is 210 Å². The number of hydrogen-bond donors (Lipinski definition) is 3. The maximum absolute atomic E-state index is 15.8. The summed E-state index contributed by atoms with van der Waals surface area (Å²) < 4.78 is 6.17. The molecule has 4 aliphatic carbocycles. The highest BCUT2D eigenvalue weighted by Crippen LogP contribution is 2.50. The highest BCUT2D eigenvalue weighted by Gasteiger charge is 2.59. The van der Waals surface area contributed by atoms with Crippen molar-refractivity contribution in [3.05, 3.63) is 12.2 Å². The second kappa shape index (κ2) is 36.7. The molecule has 0 aromatic rings. The standard InChI is InChI=1S/C77H126Cl2N12O13/c1-18-24-56-66(95)81-65(48(5)19-2)73(102)90(51-32-33-51)44-64(94)86(15)57-25-22-21-23-36-89(72(57)101)60(38-50-28-26-47(4)27-29-50)70(99)84(13)43-62(92)80-55(35-31-49-30-34-53(78)54(79)37-49)68(97)91-42-52(104-20-3)39-58(91)67(96)82-77(45-76(9,10)46-77)74(103)88(17)61(41-75(6,7)8)71(100)87(16)59(69(98)83(11)12)40-63(93)85(56)14/h21-22,47-61,65H,18-20,23-46H2,1-17H3,(H,80,92)(H,81,95)(H,82,96)/b22-21-/t47?,48-,49?,50?,52+,53?,54?,55-,56-,57-,58-,59-,60-,61-,65-/m0/s1. The molecule has 3 unspecified atom stereocenters. The van der Waals surface area contributed by atoms with Crippen molar-refractivity contribution in [2.45, 2.75) is 287 Å². The number of carbonyl (C=O) groups is 12. The van der Waals surface area contributed by atoms with Crippen LogP contribution < -0.4 is 16.0 Å². The molecule has 104 heavy (non-hydrogen) atoms. The molecule has 6 fully saturated rings. The van der Waals surface area contributed by atoms with Crippen LogP contribution in [-0.4, -0.2) is 274 Å². The SMILES string of the molecule is CCC[C@H]1C(=O)N[C@@H]([C@@H](C)CC)C(=O)N(C2CC2)CC(=O)N(C)[C@H]2C/C=C\CCN(C2=O)[C@@H](CC2CCC(C)CC2)C(=O)N(C)CC(=O)N[C@@H](CCC2CCC(Cl)C(Cl)C2)C(=O)N2C[C@H](OCC)C[C@H]2C(=O)NC2(CC(C)(C)C2)C(=O)N(C)[C@@H](CC(C)(C)C)C(=O)N(C)[C@H](C(=O)N(C)C)CC(=O)N1C. The molecule has 25 nitrogen and oxygen atoms in total. The van der Waals surface area contributed by atoms with Crippen LogP contribution >= 0.6 is 23.2 Å². The van der Waals surface area contributed by atoms with Gasteiger partial charge in [-0.05, 0) is 131 Å². The first kappa shape index (κ1) is 85.2. The molecular weight excluding hydrogens is 1370 g/mol. The lowest BCUT2D eigenvalue weighted by molar-refractivity contribution is -0.160. The first-order chi connectivity index (χ1) is 48.8. The van der Waals surface area contributed by atoms with Crippen molar-refractivity contribution in [3.8, 4) is 0 Å². The number of amides is 12. The maximum atomic E-state index is 15.8. The van der Waals surface area contributed by atoms with Crippen molar-refractivity contribution in [1.29, 1.82) is 0 Å². The Bertz CT molecular complexity index is 3110. The molecule has 3 aliphatic heterocycles. The summed E-state index contributed by atoms with van der Waals surface area (Å²) in [5, 5.41) is 8.58. The average molecular weight is 1500 g/mol. The van der Waals surface area contributed by atoms with Gasteiger partial charge >= 0.3 is 0 Å². The third kappa shape index (κ3) is 21.4. The van der Waals surface area contributed by atoms with E-state index in [2.05, 4.69) is 22.9 Å². The van der Waals surface area contributed by atoms with Gasteiger partial charge in [0.1, 0.15) is 60.4 Å². The van der Waals surface area contributed by atoms with Gasteiger partial charge < -0.3 is 64.8 Å². The van der Waals surface area contributed by atoms with E-state index >= 15 is 33.6 Å². The van der Waals surface area contributed by atoms with Gasteiger partial charge in [0, 0.05) is 86.9 Å². The Hall–Kier alpha value is -6.08. The second-order valence-electron chi connectivity index (χ2n) is 33.9. The van der Waals surface area contributed by atoms with Gasteiger partial charge in [0.25, 0.3) is 0 Å². The van der Waals surface area contributed by atoms with E-state index in [4.69, 9.17) is 27.9 Å². The number of ether oxygens (including phenoxy) is 1. The average Bonchev–Trinajstić information content (AvgIpc) is 0.874. The molecule has 12 amide bonds. The molecule has 4 saturated carbocycles. The molecule has 0 aromatic carbocycles. The van der Waals surface area contributed by atoms with E-state index in [0.717, 1.165) is 32.1 Å². The maximum Gasteiger partial charge on any atom is 0.248 e. The van der Waals surface area contributed by atoms with Crippen LogP contribution in [0.15, 0.2) is 12.2 Å². The van der Waals surface area contributed by atoms with Crippen LogP contribution in [0.3, 0.4) is 0 Å². The van der Waals surface area contributed by atoms with E-state index in [1.54, 1.807) is 4.90 Å². The Morgan fingerprint density at radius 2 is 1.32 bits per heavy atom. The molecule has 7 aliphatic rings. The number of halogens is 2. The van der Waals surface area contributed by atoms with Crippen molar-refractivity contribution in [2.24, 2.45) is 34.5 Å². The van der Waals surface area contributed by atoms with Crippen LogP contribution in [0, 0.1) is 34.5 Å². The lowest BCUT2D eigenvalue weighted by Gasteiger charge is -2.54. The highest BCUT2D eigenvalue weighted by molar-refractivity contribution is 6.30. The first-order valence-corrected chi connectivity index (χ1v) is 39.5. The summed E-state index contributed by atoms with van der Waals surface area (Å²) in [6, 6.07) is -9.96. The van der Waals surface area contributed by atoms with E-state index < -0.39 is 167 Å². The summed E-state index contributed by atoms with van der Waals surface area (Å²) in [6.07, 6.45) is 12.0. The van der Waals surface area contributed by atoms with Gasteiger partial charge in [-0.2, -0.15) is 0 Å². The van der Waals surface area contributed by atoms with Crippen molar-refractivity contribution < 1.29 is 62.3 Å². The normalized spacial score (nSPS) is 32.1. The summed E-state index contributed by atoms with van der Waals surface area (Å²) in [6.45, 7) is 18.6. The number of rotatable bonds is 14. The molecule has 27 heteroatoms. The molecule has 586 valence electrons. The molecule has 0 aromatic heterocycles. The Kier molecular flexibility index (Phi) is 30.0.